The smallest absolute Gasteiger partial charge is 0.277 e. The second-order valence-corrected chi connectivity index (χ2v) is 6.06. The van der Waals surface area contributed by atoms with Crippen LogP contribution in [0.2, 0.25) is 0 Å². The van der Waals surface area contributed by atoms with Gasteiger partial charge in [-0.05, 0) is 0 Å². The van der Waals surface area contributed by atoms with Crippen LogP contribution in [0, 0.1) is 0 Å². The molecule has 2 amide bonds. The third kappa shape index (κ3) is 2.94. The molecular weight excluding hydrogens is 304 g/mol. The fourth-order valence-electron chi connectivity index (χ4n) is 1.40. The molecule has 1 saturated heterocycles. The Hall–Kier alpha value is -1.59. The molecule has 108 valence electrons. The quantitative estimate of drug-likeness (QED) is 0.462. The average Bonchev–Trinajstić information content (AvgIpc) is 2.96. The number of hydrogen-bond donors (Lipinski definition) is 1. The van der Waals surface area contributed by atoms with E-state index in [4.69, 9.17) is 5.11 Å². The van der Waals surface area contributed by atoms with Crippen molar-refractivity contribution in [2.45, 2.75) is 10.4 Å². The van der Waals surface area contributed by atoms with Crippen LogP contribution < -0.4 is 0 Å². The second kappa shape index (κ2) is 6.24. The van der Waals surface area contributed by atoms with E-state index in [1.807, 2.05) is 0 Å². The van der Waals surface area contributed by atoms with E-state index >= 15 is 0 Å². The lowest BCUT2D eigenvalue weighted by Crippen LogP contribution is -2.33. The van der Waals surface area contributed by atoms with Gasteiger partial charge >= 0.3 is 0 Å². The maximum absolute atomic E-state index is 11.7. The van der Waals surface area contributed by atoms with E-state index in [1.165, 1.54) is 47.2 Å². The Balaban J connectivity index is 2.04. The third-order valence-electron chi connectivity index (χ3n) is 2.53. The standard InChI is InChI=1S/C9H12N6O3S2/c1-14-6(17)5(7(18)15(14)2)10-11-8-12-13-9(20-8)19-4-3-16/h5,16H,3-4H2,1-2H3. The first-order valence-electron chi connectivity index (χ1n) is 5.57. The molecule has 0 spiro atoms. The number of aliphatic hydroxyl groups excluding tert-OH is 1. The summed E-state index contributed by atoms with van der Waals surface area (Å²) < 4.78 is 0.645. The number of nitrogens with zero attached hydrogens (tertiary/aromatic N) is 6. The van der Waals surface area contributed by atoms with Crippen LogP contribution in [-0.2, 0) is 9.59 Å². The van der Waals surface area contributed by atoms with E-state index in [0.29, 0.717) is 10.1 Å². The SMILES string of the molecule is CN1C(=O)C(N=Nc2nnc(SCCO)s2)C(=O)N1C. The average molecular weight is 316 g/mol. The summed E-state index contributed by atoms with van der Waals surface area (Å²) >= 11 is 2.52. The van der Waals surface area contributed by atoms with E-state index in [0.717, 1.165) is 0 Å². The molecule has 20 heavy (non-hydrogen) atoms. The number of carbonyl (C=O) groups is 2. The summed E-state index contributed by atoms with van der Waals surface area (Å²) in [5.41, 5.74) is 0. The first kappa shape index (κ1) is 14.8. The zero-order chi connectivity index (χ0) is 14.7. The largest absolute Gasteiger partial charge is 0.396 e. The summed E-state index contributed by atoms with van der Waals surface area (Å²) in [5, 5.41) is 26.5. The monoisotopic (exact) mass is 316 g/mol. The molecule has 0 aliphatic carbocycles. The molecule has 2 rings (SSSR count). The van der Waals surface area contributed by atoms with E-state index in [1.54, 1.807) is 0 Å². The fourth-order valence-corrected chi connectivity index (χ4v) is 2.88. The van der Waals surface area contributed by atoms with Gasteiger partial charge in [0, 0.05) is 19.8 Å². The Kier molecular flexibility index (Phi) is 4.62. The Morgan fingerprint density at radius 2 is 1.95 bits per heavy atom. The summed E-state index contributed by atoms with van der Waals surface area (Å²) in [6.45, 7) is 0.0465. The Morgan fingerprint density at radius 1 is 1.30 bits per heavy atom. The number of rotatable bonds is 5. The first-order chi connectivity index (χ1) is 9.54. The molecule has 1 aromatic heterocycles. The highest BCUT2D eigenvalue weighted by molar-refractivity contribution is 8.01. The molecule has 1 fully saturated rings. The van der Waals surface area contributed by atoms with Crippen LogP contribution in [0.3, 0.4) is 0 Å². The number of aliphatic hydroxyl groups is 1. The highest BCUT2D eigenvalue weighted by Gasteiger charge is 2.42. The molecule has 0 atom stereocenters. The van der Waals surface area contributed by atoms with Gasteiger partial charge in [-0.15, -0.1) is 15.3 Å². The van der Waals surface area contributed by atoms with Gasteiger partial charge in [0.05, 0.1) is 6.61 Å². The van der Waals surface area contributed by atoms with Gasteiger partial charge in [0.1, 0.15) is 0 Å². The fraction of sp³-hybridized carbons (Fsp3) is 0.556. The third-order valence-corrected chi connectivity index (χ3v) is 4.45. The lowest BCUT2D eigenvalue weighted by molar-refractivity contribution is -0.141. The molecule has 11 heteroatoms. The molecule has 0 unspecified atom stereocenters. The van der Waals surface area contributed by atoms with Crippen molar-refractivity contribution in [3.63, 3.8) is 0 Å². The molecule has 1 aliphatic heterocycles. The number of likely N-dealkylation sites (N-methyl/N-ethyl adjacent to an activating group) is 2. The molecular formula is C9H12N6O3S2. The van der Waals surface area contributed by atoms with Crippen LogP contribution in [0.1, 0.15) is 0 Å². The van der Waals surface area contributed by atoms with Crippen LogP contribution >= 0.6 is 23.1 Å². The van der Waals surface area contributed by atoms with Gasteiger partial charge in [0.25, 0.3) is 16.9 Å². The van der Waals surface area contributed by atoms with Crippen molar-refractivity contribution in [2.24, 2.45) is 10.2 Å². The van der Waals surface area contributed by atoms with E-state index in [9.17, 15) is 9.59 Å². The summed E-state index contributed by atoms with van der Waals surface area (Å²) in [5.74, 6) is -0.345. The summed E-state index contributed by atoms with van der Waals surface area (Å²) in [6.07, 6.45) is 0. The minimum absolute atomic E-state index is 0.0465. The number of hydrogen-bond acceptors (Lipinski definition) is 9. The van der Waals surface area contributed by atoms with Gasteiger partial charge in [-0.2, -0.15) is 5.11 Å². The molecule has 1 N–H and O–H groups in total. The molecule has 0 saturated carbocycles. The van der Waals surface area contributed by atoms with Crippen LogP contribution in [-0.4, -0.2) is 69.6 Å². The van der Waals surface area contributed by atoms with Crippen molar-refractivity contribution in [2.75, 3.05) is 26.5 Å². The Bertz CT molecular complexity index is 528. The van der Waals surface area contributed by atoms with Crippen molar-refractivity contribution >= 4 is 40.0 Å². The van der Waals surface area contributed by atoms with Crippen molar-refractivity contribution in [1.29, 1.82) is 0 Å². The molecule has 1 aliphatic rings. The molecule has 0 bridgehead atoms. The van der Waals surface area contributed by atoms with Gasteiger partial charge in [-0.25, -0.2) is 0 Å². The number of aromatic nitrogens is 2. The summed E-state index contributed by atoms with van der Waals surface area (Å²) in [6, 6.07) is -1.15. The number of amides is 2. The summed E-state index contributed by atoms with van der Waals surface area (Å²) in [7, 11) is 2.98. The van der Waals surface area contributed by atoms with Gasteiger partial charge in [0.15, 0.2) is 4.34 Å². The zero-order valence-corrected chi connectivity index (χ0v) is 12.4. The van der Waals surface area contributed by atoms with Gasteiger partial charge in [-0.3, -0.25) is 19.6 Å². The van der Waals surface area contributed by atoms with E-state index < -0.39 is 17.9 Å². The maximum Gasteiger partial charge on any atom is 0.277 e. The molecule has 0 aromatic carbocycles. The molecule has 0 radical (unpaired) electrons. The lowest BCUT2D eigenvalue weighted by Gasteiger charge is -2.17. The molecule has 9 nitrogen and oxygen atoms in total. The number of azo groups is 1. The topological polar surface area (TPSA) is 111 Å². The van der Waals surface area contributed by atoms with Crippen molar-refractivity contribution < 1.29 is 14.7 Å². The van der Waals surface area contributed by atoms with Crippen LogP contribution in [0.5, 0.6) is 0 Å². The highest BCUT2D eigenvalue weighted by Crippen LogP contribution is 2.27. The lowest BCUT2D eigenvalue weighted by atomic mass is 10.3. The first-order valence-corrected chi connectivity index (χ1v) is 7.38. The van der Waals surface area contributed by atoms with Gasteiger partial charge in [-0.1, -0.05) is 23.1 Å². The predicted octanol–water partition coefficient (Wildman–Crippen LogP) is -0.0798. The Labute approximate surface area is 122 Å². The predicted molar refractivity (Wildman–Crippen MR) is 71.6 cm³/mol. The zero-order valence-electron chi connectivity index (χ0n) is 10.8. The van der Waals surface area contributed by atoms with Crippen LogP contribution in [0.4, 0.5) is 5.13 Å². The van der Waals surface area contributed by atoms with Crippen molar-refractivity contribution in [3.05, 3.63) is 0 Å². The molecule has 2 heterocycles. The summed E-state index contributed by atoms with van der Waals surface area (Å²) in [4.78, 5) is 23.5. The minimum Gasteiger partial charge on any atom is -0.396 e. The van der Waals surface area contributed by atoms with E-state index in [2.05, 4.69) is 20.4 Å². The van der Waals surface area contributed by atoms with E-state index in [-0.39, 0.29) is 11.7 Å². The second-order valence-electron chi connectivity index (χ2n) is 3.76. The number of carbonyl (C=O) groups excluding carboxylic acids is 2. The van der Waals surface area contributed by atoms with Gasteiger partial charge in [0.2, 0.25) is 6.04 Å². The number of thioether (sulfide) groups is 1. The molecule has 1 aromatic rings. The Morgan fingerprint density at radius 3 is 2.55 bits per heavy atom. The van der Waals surface area contributed by atoms with Crippen molar-refractivity contribution in [1.82, 2.24) is 20.2 Å². The van der Waals surface area contributed by atoms with Gasteiger partial charge < -0.3 is 5.11 Å². The highest BCUT2D eigenvalue weighted by atomic mass is 32.2. The number of hydrazine groups is 1. The van der Waals surface area contributed by atoms with Crippen LogP contribution in [0.15, 0.2) is 14.6 Å². The normalized spacial score (nSPS) is 16.9. The van der Waals surface area contributed by atoms with Crippen LogP contribution in [0.25, 0.3) is 0 Å². The minimum atomic E-state index is -1.15. The maximum atomic E-state index is 11.7. The van der Waals surface area contributed by atoms with Crippen molar-refractivity contribution in [3.8, 4) is 0 Å².